The van der Waals surface area contributed by atoms with Crippen molar-refractivity contribution < 1.29 is 14.3 Å². The normalized spacial score (nSPS) is 10.1. The zero-order valence-corrected chi connectivity index (χ0v) is 13.1. The van der Waals surface area contributed by atoms with Gasteiger partial charge in [0.2, 0.25) is 0 Å². The average molecular weight is 300 g/mol. The van der Waals surface area contributed by atoms with Crippen LogP contribution < -0.4 is 9.47 Å². The Bertz CT molecular complexity index is 626. The first-order valence-electron chi connectivity index (χ1n) is 7.06. The second-order valence-electron chi connectivity index (χ2n) is 4.91. The Balaban J connectivity index is 1.84. The summed E-state index contributed by atoms with van der Waals surface area (Å²) in [4.78, 5) is 18.1. The number of benzene rings is 1. The minimum Gasteiger partial charge on any atom is -0.497 e. The van der Waals surface area contributed by atoms with Crippen LogP contribution in [0.5, 0.6) is 11.5 Å². The SMILES string of the molecule is COc1ccc(OCCN(C)C(=O)c2cccc(C)n2)cc1. The van der Waals surface area contributed by atoms with E-state index in [-0.39, 0.29) is 5.91 Å². The van der Waals surface area contributed by atoms with Gasteiger partial charge in [-0.1, -0.05) is 6.07 Å². The fourth-order valence-electron chi connectivity index (χ4n) is 1.93. The number of nitrogens with zero attached hydrogens (tertiary/aromatic N) is 2. The standard InChI is InChI=1S/C17H20N2O3/c1-13-5-4-6-16(18-13)17(20)19(2)11-12-22-15-9-7-14(21-3)8-10-15/h4-10H,11-12H2,1-3H3. The van der Waals surface area contributed by atoms with E-state index in [4.69, 9.17) is 9.47 Å². The lowest BCUT2D eigenvalue weighted by molar-refractivity contribution is 0.0768. The van der Waals surface area contributed by atoms with Crippen LogP contribution in [0.4, 0.5) is 0 Å². The van der Waals surface area contributed by atoms with Crippen molar-refractivity contribution in [3.05, 3.63) is 53.9 Å². The molecular formula is C17H20N2O3. The molecule has 5 nitrogen and oxygen atoms in total. The molecule has 0 spiro atoms. The summed E-state index contributed by atoms with van der Waals surface area (Å²) in [5.74, 6) is 1.42. The second kappa shape index (κ2) is 7.45. The number of aromatic nitrogens is 1. The molecule has 0 bridgehead atoms. The van der Waals surface area contributed by atoms with Crippen LogP contribution >= 0.6 is 0 Å². The largest absolute Gasteiger partial charge is 0.497 e. The maximum atomic E-state index is 12.2. The molecule has 2 rings (SSSR count). The molecule has 2 aromatic rings. The molecule has 0 fully saturated rings. The van der Waals surface area contributed by atoms with Gasteiger partial charge in [-0.3, -0.25) is 4.79 Å². The molecule has 0 radical (unpaired) electrons. The zero-order chi connectivity index (χ0) is 15.9. The number of ether oxygens (including phenoxy) is 2. The van der Waals surface area contributed by atoms with Crippen molar-refractivity contribution in [1.82, 2.24) is 9.88 Å². The zero-order valence-electron chi connectivity index (χ0n) is 13.1. The average Bonchev–Trinajstić information content (AvgIpc) is 2.54. The highest BCUT2D eigenvalue weighted by molar-refractivity contribution is 5.92. The smallest absolute Gasteiger partial charge is 0.272 e. The number of carbonyl (C=O) groups excluding carboxylic acids is 1. The van der Waals surface area contributed by atoms with Crippen molar-refractivity contribution in [3.63, 3.8) is 0 Å². The highest BCUT2D eigenvalue weighted by Crippen LogP contribution is 2.16. The number of hydrogen-bond acceptors (Lipinski definition) is 4. The maximum Gasteiger partial charge on any atom is 0.272 e. The molecule has 1 aromatic carbocycles. The number of carbonyl (C=O) groups is 1. The van der Waals surface area contributed by atoms with Gasteiger partial charge in [0, 0.05) is 12.7 Å². The van der Waals surface area contributed by atoms with Gasteiger partial charge in [-0.05, 0) is 43.3 Å². The maximum absolute atomic E-state index is 12.2. The van der Waals surface area contributed by atoms with E-state index in [2.05, 4.69) is 4.98 Å². The predicted octanol–water partition coefficient (Wildman–Crippen LogP) is 2.55. The van der Waals surface area contributed by atoms with E-state index >= 15 is 0 Å². The molecule has 0 aliphatic rings. The Kier molecular flexibility index (Phi) is 5.36. The summed E-state index contributed by atoms with van der Waals surface area (Å²) in [7, 11) is 3.36. The molecule has 116 valence electrons. The Labute approximate surface area is 130 Å². The minimum atomic E-state index is -0.109. The van der Waals surface area contributed by atoms with Crippen LogP contribution in [0.3, 0.4) is 0 Å². The van der Waals surface area contributed by atoms with Crippen LogP contribution in [-0.4, -0.2) is 43.1 Å². The lowest BCUT2D eigenvalue weighted by Gasteiger charge is -2.17. The summed E-state index contributed by atoms with van der Waals surface area (Å²) >= 11 is 0. The predicted molar refractivity (Wildman–Crippen MR) is 84.4 cm³/mol. The summed E-state index contributed by atoms with van der Waals surface area (Å²) in [5.41, 5.74) is 1.28. The molecule has 0 atom stereocenters. The van der Waals surface area contributed by atoms with Crippen LogP contribution in [0.2, 0.25) is 0 Å². The van der Waals surface area contributed by atoms with Crippen molar-refractivity contribution in [2.45, 2.75) is 6.92 Å². The van der Waals surface area contributed by atoms with Gasteiger partial charge in [0.15, 0.2) is 0 Å². The first-order chi connectivity index (χ1) is 10.6. The third-order valence-electron chi connectivity index (χ3n) is 3.21. The van der Waals surface area contributed by atoms with Gasteiger partial charge < -0.3 is 14.4 Å². The molecule has 22 heavy (non-hydrogen) atoms. The molecule has 1 aromatic heterocycles. The van der Waals surface area contributed by atoms with Gasteiger partial charge in [-0.25, -0.2) is 4.98 Å². The number of pyridine rings is 1. The third kappa shape index (κ3) is 4.22. The highest BCUT2D eigenvalue weighted by atomic mass is 16.5. The number of methoxy groups -OCH3 is 1. The third-order valence-corrected chi connectivity index (χ3v) is 3.21. The summed E-state index contributed by atoms with van der Waals surface area (Å²) < 4.78 is 10.7. The van der Waals surface area contributed by atoms with Gasteiger partial charge in [0.05, 0.1) is 13.7 Å². The molecule has 0 saturated heterocycles. The van der Waals surface area contributed by atoms with E-state index in [1.807, 2.05) is 43.3 Å². The number of amides is 1. The molecule has 0 saturated carbocycles. The number of hydrogen-bond donors (Lipinski definition) is 0. The first kappa shape index (κ1) is 15.8. The number of likely N-dealkylation sites (N-methyl/N-ethyl adjacent to an activating group) is 1. The second-order valence-corrected chi connectivity index (χ2v) is 4.91. The van der Waals surface area contributed by atoms with Gasteiger partial charge in [-0.15, -0.1) is 0 Å². The van der Waals surface area contributed by atoms with Gasteiger partial charge in [0.1, 0.15) is 23.8 Å². The van der Waals surface area contributed by atoms with E-state index in [0.29, 0.717) is 18.8 Å². The fraction of sp³-hybridized carbons (Fsp3) is 0.294. The molecule has 0 aliphatic heterocycles. The summed E-state index contributed by atoms with van der Waals surface area (Å²) in [5, 5.41) is 0. The Hall–Kier alpha value is -2.56. The van der Waals surface area contributed by atoms with Gasteiger partial charge in [-0.2, -0.15) is 0 Å². The monoisotopic (exact) mass is 300 g/mol. The Morgan fingerprint density at radius 1 is 1.14 bits per heavy atom. The van der Waals surface area contributed by atoms with E-state index in [9.17, 15) is 4.79 Å². The van der Waals surface area contributed by atoms with Crippen molar-refractivity contribution in [1.29, 1.82) is 0 Å². The van der Waals surface area contributed by atoms with Crippen molar-refractivity contribution in [2.24, 2.45) is 0 Å². The Morgan fingerprint density at radius 2 is 1.82 bits per heavy atom. The van der Waals surface area contributed by atoms with Gasteiger partial charge in [0.25, 0.3) is 5.91 Å². The number of aryl methyl sites for hydroxylation is 1. The van der Waals surface area contributed by atoms with Crippen molar-refractivity contribution >= 4 is 5.91 Å². The van der Waals surface area contributed by atoms with Crippen LogP contribution in [0.25, 0.3) is 0 Å². The van der Waals surface area contributed by atoms with E-state index < -0.39 is 0 Å². The molecule has 5 heteroatoms. The van der Waals surface area contributed by atoms with Crippen LogP contribution in [-0.2, 0) is 0 Å². The van der Waals surface area contributed by atoms with E-state index in [0.717, 1.165) is 17.2 Å². The molecule has 0 N–H and O–H groups in total. The van der Waals surface area contributed by atoms with Crippen LogP contribution in [0.1, 0.15) is 16.2 Å². The molecule has 1 heterocycles. The lowest BCUT2D eigenvalue weighted by Crippen LogP contribution is -2.31. The fourth-order valence-corrected chi connectivity index (χ4v) is 1.93. The van der Waals surface area contributed by atoms with Crippen LogP contribution in [0.15, 0.2) is 42.5 Å². The topological polar surface area (TPSA) is 51.7 Å². The van der Waals surface area contributed by atoms with Gasteiger partial charge >= 0.3 is 0 Å². The number of rotatable bonds is 6. The summed E-state index contributed by atoms with van der Waals surface area (Å²) in [6.45, 7) is 2.77. The lowest BCUT2D eigenvalue weighted by atomic mass is 10.3. The van der Waals surface area contributed by atoms with E-state index in [1.54, 1.807) is 25.1 Å². The van der Waals surface area contributed by atoms with Crippen LogP contribution in [0, 0.1) is 6.92 Å². The van der Waals surface area contributed by atoms with Crippen molar-refractivity contribution in [3.8, 4) is 11.5 Å². The molecular weight excluding hydrogens is 280 g/mol. The minimum absolute atomic E-state index is 0.109. The quantitative estimate of drug-likeness (QED) is 0.822. The summed E-state index contributed by atoms with van der Waals surface area (Å²) in [6, 6.07) is 12.8. The summed E-state index contributed by atoms with van der Waals surface area (Å²) in [6.07, 6.45) is 0. The first-order valence-corrected chi connectivity index (χ1v) is 7.06. The van der Waals surface area contributed by atoms with Crippen molar-refractivity contribution in [2.75, 3.05) is 27.3 Å². The Morgan fingerprint density at radius 3 is 2.45 bits per heavy atom. The highest BCUT2D eigenvalue weighted by Gasteiger charge is 2.12. The molecule has 0 unspecified atom stereocenters. The molecule has 0 aliphatic carbocycles. The van der Waals surface area contributed by atoms with E-state index in [1.165, 1.54) is 0 Å². The molecule has 1 amide bonds.